The summed E-state index contributed by atoms with van der Waals surface area (Å²) >= 11 is 3.29. The van der Waals surface area contributed by atoms with Crippen LogP contribution in [0, 0.1) is 6.92 Å². The summed E-state index contributed by atoms with van der Waals surface area (Å²) in [5, 5.41) is 2.61. The van der Waals surface area contributed by atoms with Crippen molar-refractivity contribution >= 4 is 43.5 Å². The number of hydrogen-bond acceptors (Lipinski definition) is 5. The molecule has 1 N–H and O–H groups in total. The summed E-state index contributed by atoms with van der Waals surface area (Å²) in [6.45, 7) is 1.56. The molecule has 3 rings (SSSR count). The van der Waals surface area contributed by atoms with Gasteiger partial charge >= 0.3 is 0 Å². The van der Waals surface area contributed by atoms with Gasteiger partial charge in [0.1, 0.15) is 16.4 Å². The van der Waals surface area contributed by atoms with Gasteiger partial charge in [0.15, 0.2) is 5.92 Å². The minimum absolute atomic E-state index is 0.148. The fourth-order valence-corrected chi connectivity index (χ4v) is 4.08. The standard InChI is InChI=1S/C15H13BrN2O5S/c1-8-7-11-13(23-8)12(15(20)18(2)24(11,21)22)14(19)17-10-5-3-9(16)4-6-10/h3-7,12H,1-2H3,(H,17,19). The zero-order valence-electron chi connectivity index (χ0n) is 12.7. The first-order valence-corrected chi connectivity index (χ1v) is 9.14. The molecular formula is C15H13BrN2O5S. The quantitative estimate of drug-likeness (QED) is 0.762. The van der Waals surface area contributed by atoms with Gasteiger partial charge in [0.2, 0.25) is 5.91 Å². The molecule has 0 saturated heterocycles. The van der Waals surface area contributed by atoms with Gasteiger partial charge in [-0.15, -0.1) is 0 Å². The first-order valence-electron chi connectivity index (χ1n) is 6.91. The maximum atomic E-state index is 12.6. The summed E-state index contributed by atoms with van der Waals surface area (Å²) < 4.78 is 31.4. The van der Waals surface area contributed by atoms with Crippen molar-refractivity contribution in [2.24, 2.45) is 0 Å². The van der Waals surface area contributed by atoms with Crippen LogP contribution in [0.25, 0.3) is 0 Å². The van der Waals surface area contributed by atoms with E-state index < -0.39 is 27.8 Å². The fraction of sp³-hybridized carbons (Fsp3) is 0.200. The predicted octanol–water partition coefficient (Wildman–Crippen LogP) is 2.23. The molecule has 1 unspecified atom stereocenters. The highest BCUT2D eigenvalue weighted by Crippen LogP contribution is 2.36. The Morgan fingerprint density at radius 2 is 1.92 bits per heavy atom. The highest BCUT2D eigenvalue weighted by molar-refractivity contribution is 9.10. The lowest BCUT2D eigenvalue weighted by Crippen LogP contribution is -2.45. The lowest BCUT2D eigenvalue weighted by atomic mass is 10.0. The van der Waals surface area contributed by atoms with E-state index in [4.69, 9.17) is 4.42 Å². The van der Waals surface area contributed by atoms with Crippen molar-refractivity contribution in [3.63, 3.8) is 0 Å². The van der Waals surface area contributed by atoms with Gasteiger partial charge in [-0.2, -0.15) is 0 Å². The second-order valence-corrected chi connectivity index (χ2v) is 8.18. The zero-order valence-corrected chi connectivity index (χ0v) is 15.1. The molecule has 0 saturated carbocycles. The summed E-state index contributed by atoms with van der Waals surface area (Å²) in [7, 11) is -2.86. The number of fused-ring (bicyclic) bond motifs is 1. The van der Waals surface area contributed by atoms with Crippen molar-refractivity contribution in [2.45, 2.75) is 17.7 Å². The Hall–Kier alpha value is -2.13. The van der Waals surface area contributed by atoms with Crippen molar-refractivity contribution in [3.05, 3.63) is 46.3 Å². The molecule has 1 aromatic carbocycles. The average Bonchev–Trinajstić information content (AvgIpc) is 2.90. The molecule has 24 heavy (non-hydrogen) atoms. The van der Waals surface area contributed by atoms with E-state index in [0.717, 1.165) is 11.5 Å². The fourth-order valence-electron chi connectivity index (χ4n) is 2.45. The number of furan rings is 1. The van der Waals surface area contributed by atoms with Crippen LogP contribution in [0.1, 0.15) is 17.4 Å². The third kappa shape index (κ3) is 2.63. The average molecular weight is 413 g/mol. The third-order valence-corrected chi connectivity index (χ3v) is 5.98. The number of nitrogens with one attached hydrogen (secondary N) is 1. The minimum atomic E-state index is -3.99. The van der Waals surface area contributed by atoms with Crippen molar-refractivity contribution in [3.8, 4) is 0 Å². The number of aryl methyl sites for hydroxylation is 1. The normalized spacial score (nSPS) is 19.0. The molecule has 2 amide bonds. The number of carbonyl (C=O) groups is 2. The molecule has 126 valence electrons. The number of carbonyl (C=O) groups excluding carboxylic acids is 2. The number of halogens is 1. The lowest BCUT2D eigenvalue weighted by Gasteiger charge is -2.27. The van der Waals surface area contributed by atoms with Gasteiger partial charge in [-0.3, -0.25) is 9.59 Å². The number of amides is 2. The molecule has 1 aliphatic heterocycles. The van der Waals surface area contributed by atoms with Crippen molar-refractivity contribution in [1.29, 1.82) is 0 Å². The minimum Gasteiger partial charge on any atom is -0.463 e. The van der Waals surface area contributed by atoms with Crippen LogP contribution in [-0.4, -0.2) is 31.6 Å². The van der Waals surface area contributed by atoms with E-state index in [-0.39, 0.29) is 10.7 Å². The first-order chi connectivity index (χ1) is 11.2. The highest BCUT2D eigenvalue weighted by Gasteiger charge is 2.47. The number of benzene rings is 1. The molecule has 2 heterocycles. The van der Waals surface area contributed by atoms with Crippen LogP contribution >= 0.6 is 15.9 Å². The van der Waals surface area contributed by atoms with Gasteiger partial charge in [0.05, 0.1) is 0 Å². The molecular weight excluding hydrogens is 400 g/mol. The van der Waals surface area contributed by atoms with Crippen LogP contribution in [0.15, 0.2) is 44.1 Å². The second kappa shape index (κ2) is 5.75. The van der Waals surface area contributed by atoms with Crippen molar-refractivity contribution < 1.29 is 22.4 Å². The number of nitrogens with zero attached hydrogens (tertiary/aromatic N) is 1. The predicted molar refractivity (Wildman–Crippen MR) is 88.9 cm³/mol. The van der Waals surface area contributed by atoms with Gasteiger partial charge in [-0.05, 0) is 31.2 Å². The van der Waals surface area contributed by atoms with Crippen LogP contribution in [0.3, 0.4) is 0 Å². The maximum Gasteiger partial charge on any atom is 0.269 e. The molecule has 1 atom stereocenters. The summed E-state index contributed by atoms with van der Waals surface area (Å²) in [6, 6.07) is 8.09. The number of hydrogen-bond donors (Lipinski definition) is 1. The van der Waals surface area contributed by atoms with Gasteiger partial charge in [0, 0.05) is 23.3 Å². The number of likely N-dealkylation sites (N-methyl/N-ethyl adjacent to an activating group) is 1. The Labute approximate surface area is 146 Å². The van der Waals surface area contributed by atoms with Gasteiger partial charge in [-0.1, -0.05) is 15.9 Å². The Balaban J connectivity index is 2.01. The van der Waals surface area contributed by atoms with Crippen LogP contribution in [0.5, 0.6) is 0 Å². The monoisotopic (exact) mass is 412 g/mol. The molecule has 9 heteroatoms. The molecule has 0 fully saturated rings. The summed E-state index contributed by atoms with van der Waals surface area (Å²) in [6.07, 6.45) is 0. The van der Waals surface area contributed by atoms with Crippen LogP contribution in [-0.2, 0) is 19.6 Å². The maximum absolute atomic E-state index is 12.6. The van der Waals surface area contributed by atoms with Crippen LogP contribution < -0.4 is 5.32 Å². The Bertz CT molecular complexity index is 933. The summed E-state index contributed by atoms with van der Waals surface area (Å²) in [4.78, 5) is 24.8. The van der Waals surface area contributed by atoms with E-state index in [2.05, 4.69) is 21.2 Å². The van der Waals surface area contributed by atoms with Gasteiger partial charge in [0.25, 0.3) is 15.9 Å². The van der Waals surface area contributed by atoms with Crippen molar-refractivity contribution in [1.82, 2.24) is 4.31 Å². The SMILES string of the molecule is Cc1cc2c(o1)C(C(=O)Nc1ccc(Br)cc1)C(=O)N(C)S2(=O)=O. The second-order valence-electron chi connectivity index (χ2n) is 5.33. The Kier molecular flexibility index (Phi) is 4.00. The topological polar surface area (TPSA) is 96.7 Å². The van der Waals surface area contributed by atoms with E-state index in [1.165, 1.54) is 6.07 Å². The number of sulfonamides is 1. The van der Waals surface area contributed by atoms with E-state index in [9.17, 15) is 18.0 Å². The summed E-state index contributed by atoms with van der Waals surface area (Å²) in [5.41, 5.74) is 0.483. The van der Waals surface area contributed by atoms with Crippen molar-refractivity contribution in [2.75, 3.05) is 12.4 Å². The molecule has 0 radical (unpaired) electrons. The van der Waals surface area contributed by atoms with Gasteiger partial charge < -0.3 is 9.73 Å². The molecule has 0 spiro atoms. The lowest BCUT2D eigenvalue weighted by molar-refractivity contribution is -0.133. The number of rotatable bonds is 2. The molecule has 0 aliphatic carbocycles. The molecule has 0 bridgehead atoms. The van der Waals surface area contributed by atoms with E-state index >= 15 is 0 Å². The first kappa shape index (κ1) is 16.7. The largest absolute Gasteiger partial charge is 0.463 e. The molecule has 2 aromatic rings. The molecule has 1 aliphatic rings. The van der Waals surface area contributed by atoms with E-state index in [0.29, 0.717) is 15.8 Å². The smallest absolute Gasteiger partial charge is 0.269 e. The highest BCUT2D eigenvalue weighted by atomic mass is 79.9. The Morgan fingerprint density at radius 3 is 2.54 bits per heavy atom. The zero-order chi connectivity index (χ0) is 17.6. The summed E-state index contributed by atoms with van der Waals surface area (Å²) in [5.74, 6) is -2.70. The molecule has 7 nitrogen and oxygen atoms in total. The van der Waals surface area contributed by atoms with Gasteiger partial charge in [-0.25, -0.2) is 12.7 Å². The molecule has 1 aromatic heterocycles. The number of anilines is 1. The van der Waals surface area contributed by atoms with E-state index in [1.54, 1.807) is 31.2 Å². The van der Waals surface area contributed by atoms with Crippen LogP contribution in [0.2, 0.25) is 0 Å². The Morgan fingerprint density at radius 1 is 1.29 bits per heavy atom. The third-order valence-electron chi connectivity index (χ3n) is 3.68. The van der Waals surface area contributed by atoms with E-state index in [1.807, 2.05) is 0 Å². The van der Waals surface area contributed by atoms with Crippen LogP contribution in [0.4, 0.5) is 5.69 Å².